The Morgan fingerprint density at radius 3 is 2.02 bits per heavy atom. The van der Waals surface area contributed by atoms with E-state index in [-0.39, 0.29) is 23.9 Å². The minimum absolute atomic E-state index is 0.0565. The molecule has 0 radical (unpaired) electrons. The maximum absolute atomic E-state index is 13.9. The Bertz CT molecular complexity index is 1400. The van der Waals surface area contributed by atoms with Crippen LogP contribution in [0.2, 0.25) is 0 Å². The lowest BCUT2D eigenvalue weighted by atomic mass is 9.48. The van der Waals surface area contributed by atoms with Crippen LogP contribution in [-0.4, -0.2) is 50.0 Å². The number of carbonyl (C=O) groups is 2. The molecule has 2 amide bonds. The average molecular weight is 610 g/mol. The van der Waals surface area contributed by atoms with Crippen LogP contribution in [0.5, 0.6) is 0 Å². The second kappa shape index (κ2) is 11.9. The van der Waals surface area contributed by atoms with E-state index in [1.165, 1.54) is 61.1 Å². The largest absolute Gasteiger partial charge is 0.352 e. The van der Waals surface area contributed by atoms with Gasteiger partial charge in [0.25, 0.3) is 0 Å². The molecule has 2 aromatic rings. The lowest BCUT2D eigenvalue weighted by Gasteiger charge is -2.57. The Hall–Kier alpha value is -2.94. The van der Waals surface area contributed by atoms with Crippen LogP contribution < -0.4 is 9.62 Å². The van der Waals surface area contributed by atoms with E-state index in [1.807, 2.05) is 12.1 Å². The molecule has 1 atom stereocenters. The Morgan fingerprint density at radius 1 is 0.930 bits per heavy atom. The summed E-state index contributed by atoms with van der Waals surface area (Å²) < 4.78 is 40.9. The highest BCUT2D eigenvalue weighted by atomic mass is 32.2. The molecule has 1 N–H and O–H groups in total. The molecule has 5 aliphatic rings. The minimum atomic E-state index is -3.81. The molecule has 0 aromatic heterocycles. The molecule has 5 saturated carbocycles. The molecule has 0 aliphatic heterocycles. The summed E-state index contributed by atoms with van der Waals surface area (Å²) in [5, 5.41) is 3.06. The Balaban J connectivity index is 1.22. The van der Waals surface area contributed by atoms with Crippen LogP contribution in [0.3, 0.4) is 0 Å². The van der Waals surface area contributed by atoms with Crippen LogP contribution in [0.25, 0.3) is 0 Å². The number of rotatable bonds is 10. The minimum Gasteiger partial charge on any atom is -0.352 e. The summed E-state index contributed by atoms with van der Waals surface area (Å²) >= 11 is 0. The van der Waals surface area contributed by atoms with Crippen molar-refractivity contribution in [2.24, 2.45) is 17.8 Å². The van der Waals surface area contributed by atoms with Gasteiger partial charge in [0.05, 0.1) is 11.9 Å². The van der Waals surface area contributed by atoms with Gasteiger partial charge in [0, 0.05) is 12.6 Å². The first kappa shape index (κ1) is 30.1. The number of benzene rings is 2. The molecule has 0 spiro atoms. The van der Waals surface area contributed by atoms with Crippen LogP contribution in [0.4, 0.5) is 10.1 Å². The number of sulfonamides is 1. The van der Waals surface area contributed by atoms with Gasteiger partial charge in [0.2, 0.25) is 21.8 Å². The Morgan fingerprint density at radius 2 is 1.49 bits per heavy atom. The summed E-state index contributed by atoms with van der Waals surface area (Å²) in [6, 6.07) is 12.8. The van der Waals surface area contributed by atoms with Crippen LogP contribution in [0, 0.1) is 23.6 Å². The van der Waals surface area contributed by atoms with Crippen LogP contribution in [0.15, 0.2) is 48.5 Å². The van der Waals surface area contributed by atoms with Gasteiger partial charge in [-0.3, -0.25) is 13.9 Å². The number of hydrogen-bond acceptors (Lipinski definition) is 4. The van der Waals surface area contributed by atoms with Crippen molar-refractivity contribution in [3.8, 4) is 0 Å². The summed E-state index contributed by atoms with van der Waals surface area (Å²) in [6.07, 6.45) is 12.7. The third kappa shape index (κ3) is 6.47. The molecule has 0 heterocycles. The normalized spacial score (nSPS) is 27.2. The van der Waals surface area contributed by atoms with E-state index in [4.69, 9.17) is 0 Å². The SMILES string of the molecule is C[C@@H](C(=O)NC1CCCC1)N(Cc1ccc(F)cc1)C(=O)CN(c1ccc(C23CC4CC(CC(C4)C2)C3)cc1)S(C)(=O)=O. The van der Waals surface area contributed by atoms with Crippen molar-refractivity contribution in [3.63, 3.8) is 0 Å². The molecule has 7 nitrogen and oxygen atoms in total. The molecule has 4 bridgehead atoms. The third-order valence-corrected chi connectivity index (χ3v) is 11.8. The van der Waals surface area contributed by atoms with Crippen molar-refractivity contribution in [2.75, 3.05) is 17.1 Å². The lowest BCUT2D eigenvalue weighted by molar-refractivity contribution is -0.139. The van der Waals surface area contributed by atoms with E-state index in [0.29, 0.717) is 11.3 Å². The van der Waals surface area contributed by atoms with Gasteiger partial charge in [-0.25, -0.2) is 12.8 Å². The fourth-order valence-electron chi connectivity index (χ4n) is 8.82. The summed E-state index contributed by atoms with van der Waals surface area (Å²) in [5.74, 6) is 1.25. The zero-order valence-electron chi connectivity index (χ0n) is 25.3. The molecule has 232 valence electrons. The zero-order chi connectivity index (χ0) is 30.4. The monoisotopic (exact) mass is 609 g/mol. The quantitative estimate of drug-likeness (QED) is 0.384. The van der Waals surface area contributed by atoms with Gasteiger partial charge in [-0.1, -0.05) is 37.1 Å². The highest BCUT2D eigenvalue weighted by molar-refractivity contribution is 7.92. The van der Waals surface area contributed by atoms with Gasteiger partial charge >= 0.3 is 0 Å². The predicted octanol–water partition coefficient (Wildman–Crippen LogP) is 5.54. The second-order valence-electron chi connectivity index (χ2n) is 13.8. The summed E-state index contributed by atoms with van der Waals surface area (Å²) in [5.41, 5.74) is 2.56. The van der Waals surface area contributed by atoms with E-state index in [0.717, 1.165) is 54.0 Å². The standard InChI is InChI=1S/C34H44FN3O4S/c1-23(33(40)36-30-5-3-4-6-30)37(21-24-7-11-29(35)12-8-24)32(39)22-38(43(2,41)42)31-13-9-28(10-14-31)34-18-25-15-26(19-34)17-27(16-25)20-34/h7-14,23,25-27,30H,3-6,15-22H2,1-2H3,(H,36,40)/t23-,25?,26?,27?,34?/m0/s1. The first-order chi connectivity index (χ1) is 20.5. The fraction of sp³-hybridized carbons (Fsp3) is 0.588. The van der Waals surface area contributed by atoms with Crippen molar-refractivity contribution in [1.29, 1.82) is 0 Å². The highest BCUT2D eigenvalue weighted by Gasteiger charge is 2.51. The van der Waals surface area contributed by atoms with Gasteiger partial charge < -0.3 is 10.2 Å². The van der Waals surface area contributed by atoms with Crippen LogP contribution in [0.1, 0.15) is 82.3 Å². The highest BCUT2D eigenvalue weighted by Crippen LogP contribution is 2.60. The predicted molar refractivity (Wildman–Crippen MR) is 165 cm³/mol. The second-order valence-corrected chi connectivity index (χ2v) is 15.7. The Kier molecular flexibility index (Phi) is 8.31. The smallest absolute Gasteiger partial charge is 0.244 e. The lowest BCUT2D eigenvalue weighted by Crippen LogP contribution is -2.52. The number of carbonyl (C=O) groups excluding carboxylic acids is 2. The number of nitrogens with one attached hydrogen (secondary N) is 1. The fourth-order valence-corrected chi connectivity index (χ4v) is 9.67. The number of amides is 2. The summed E-state index contributed by atoms with van der Waals surface area (Å²) in [6.45, 7) is 1.29. The molecule has 0 saturated heterocycles. The number of nitrogens with zero attached hydrogens (tertiary/aromatic N) is 2. The first-order valence-corrected chi connectivity index (χ1v) is 17.8. The van der Waals surface area contributed by atoms with Crippen LogP contribution >= 0.6 is 0 Å². The van der Waals surface area contributed by atoms with Crippen LogP contribution in [-0.2, 0) is 31.6 Å². The molecule has 0 unspecified atom stereocenters. The van der Waals surface area contributed by atoms with Gasteiger partial charge in [0.15, 0.2) is 0 Å². The van der Waals surface area contributed by atoms with Crippen molar-refractivity contribution in [1.82, 2.24) is 10.2 Å². The molecule has 7 rings (SSSR count). The van der Waals surface area contributed by atoms with Crippen molar-refractivity contribution in [2.45, 2.75) is 95.2 Å². The first-order valence-electron chi connectivity index (χ1n) is 15.9. The molecule has 5 fully saturated rings. The average Bonchev–Trinajstić information content (AvgIpc) is 3.47. The van der Waals surface area contributed by atoms with Gasteiger partial charge in [-0.15, -0.1) is 0 Å². The maximum Gasteiger partial charge on any atom is 0.244 e. The molecule has 43 heavy (non-hydrogen) atoms. The van der Waals surface area contributed by atoms with Crippen molar-refractivity contribution in [3.05, 3.63) is 65.5 Å². The third-order valence-electron chi connectivity index (χ3n) is 10.6. The van der Waals surface area contributed by atoms with E-state index in [2.05, 4.69) is 17.4 Å². The molecule has 5 aliphatic carbocycles. The number of anilines is 1. The molecule has 9 heteroatoms. The molecular weight excluding hydrogens is 565 g/mol. The summed E-state index contributed by atoms with van der Waals surface area (Å²) in [7, 11) is -3.81. The van der Waals surface area contributed by atoms with E-state index >= 15 is 0 Å². The molecule has 2 aromatic carbocycles. The van der Waals surface area contributed by atoms with Crippen molar-refractivity contribution < 1.29 is 22.4 Å². The van der Waals surface area contributed by atoms with E-state index in [9.17, 15) is 22.4 Å². The summed E-state index contributed by atoms with van der Waals surface area (Å²) in [4.78, 5) is 28.5. The van der Waals surface area contributed by atoms with Crippen molar-refractivity contribution >= 4 is 27.5 Å². The van der Waals surface area contributed by atoms with Gasteiger partial charge in [-0.05, 0) is 117 Å². The molecular formula is C34H44FN3O4S. The number of halogens is 1. The van der Waals surface area contributed by atoms with E-state index in [1.54, 1.807) is 19.1 Å². The number of hydrogen-bond donors (Lipinski definition) is 1. The maximum atomic E-state index is 13.9. The topological polar surface area (TPSA) is 86.8 Å². The zero-order valence-corrected chi connectivity index (χ0v) is 26.1. The Labute approximate surface area is 255 Å². The van der Waals surface area contributed by atoms with Gasteiger partial charge in [-0.2, -0.15) is 0 Å². The van der Waals surface area contributed by atoms with Gasteiger partial charge in [0.1, 0.15) is 18.4 Å². The van der Waals surface area contributed by atoms with E-state index < -0.39 is 34.3 Å².